The van der Waals surface area contributed by atoms with Gasteiger partial charge in [0.25, 0.3) is 5.91 Å². The van der Waals surface area contributed by atoms with Crippen LogP contribution in [0.3, 0.4) is 0 Å². The molecule has 0 unspecified atom stereocenters. The summed E-state index contributed by atoms with van der Waals surface area (Å²) in [4.78, 5) is 16.4. The third kappa shape index (κ3) is 4.25. The van der Waals surface area contributed by atoms with E-state index in [-0.39, 0.29) is 16.6 Å². The highest BCUT2D eigenvalue weighted by molar-refractivity contribution is 7.82. The van der Waals surface area contributed by atoms with Crippen LogP contribution in [0.2, 0.25) is 0 Å². The van der Waals surface area contributed by atoms with Gasteiger partial charge in [-0.15, -0.1) is 0 Å². The quantitative estimate of drug-likeness (QED) is 0.488. The zero-order chi connectivity index (χ0) is 16.1. The van der Waals surface area contributed by atoms with E-state index in [0.717, 1.165) is 24.3 Å². The van der Waals surface area contributed by atoms with Crippen LogP contribution < -0.4 is 11.2 Å². The average Bonchev–Trinajstić information content (AvgIpc) is 2.49. The Morgan fingerprint density at radius 2 is 1.82 bits per heavy atom. The van der Waals surface area contributed by atoms with Crippen molar-refractivity contribution in [3.05, 3.63) is 29.8 Å². The fourth-order valence-electron chi connectivity index (χ4n) is 2.12. The molecule has 0 aliphatic carbocycles. The normalized spacial score (nSPS) is 16.5. The molecule has 1 aliphatic heterocycles. The van der Waals surface area contributed by atoms with E-state index < -0.39 is 0 Å². The number of nitrogens with zero attached hydrogens (tertiary/aromatic N) is 3. The molecule has 22 heavy (non-hydrogen) atoms. The Balaban J connectivity index is 2.08. The molecule has 1 saturated heterocycles. The first-order chi connectivity index (χ1) is 10.5. The van der Waals surface area contributed by atoms with Crippen LogP contribution in [0.25, 0.3) is 0 Å². The summed E-state index contributed by atoms with van der Waals surface area (Å²) in [6.07, 6.45) is 0. The first-order valence-corrected chi connectivity index (χ1v) is 7.56. The first-order valence-electron chi connectivity index (χ1n) is 7.15. The van der Waals surface area contributed by atoms with E-state index >= 15 is 0 Å². The Kier molecular flexibility index (Phi) is 5.46. The fraction of sp³-hybridized carbons (Fsp3) is 0.400. The summed E-state index contributed by atoms with van der Waals surface area (Å²) in [5.74, 6) is -0.222. The molecule has 0 aromatic heterocycles. The van der Waals surface area contributed by atoms with Gasteiger partial charge in [0.1, 0.15) is 4.99 Å². The number of benzene rings is 1. The van der Waals surface area contributed by atoms with Crippen LogP contribution in [0.1, 0.15) is 5.56 Å². The summed E-state index contributed by atoms with van der Waals surface area (Å²) in [5.41, 5.74) is 10.5. The van der Waals surface area contributed by atoms with Crippen LogP contribution in [-0.2, 0) is 4.79 Å². The molecule has 1 aromatic rings. The summed E-state index contributed by atoms with van der Waals surface area (Å²) >= 11 is 4.97. The lowest BCUT2D eigenvalue weighted by molar-refractivity contribution is -0.125. The molecule has 7 heteroatoms. The molecule has 0 radical (unpaired) electrons. The molecule has 2 rings (SSSR count). The maximum atomic E-state index is 12.5. The van der Waals surface area contributed by atoms with Crippen molar-refractivity contribution in [2.75, 3.05) is 38.7 Å². The lowest BCUT2D eigenvalue weighted by atomic mass is 10.2. The van der Waals surface area contributed by atoms with Crippen molar-refractivity contribution in [1.82, 2.24) is 9.80 Å². The molecular formula is C15H21N5OS. The number of piperazine rings is 1. The second-order valence-electron chi connectivity index (χ2n) is 5.40. The largest absolute Gasteiger partial charge is 0.388 e. The number of anilines is 1. The van der Waals surface area contributed by atoms with Crippen molar-refractivity contribution in [2.24, 2.45) is 10.8 Å². The van der Waals surface area contributed by atoms with Gasteiger partial charge in [-0.25, -0.2) is 0 Å². The monoisotopic (exact) mass is 319 g/mol. The van der Waals surface area contributed by atoms with Crippen LogP contribution in [-0.4, -0.2) is 59.6 Å². The van der Waals surface area contributed by atoms with Crippen molar-refractivity contribution in [3.63, 3.8) is 0 Å². The van der Waals surface area contributed by atoms with E-state index in [1.165, 1.54) is 0 Å². The summed E-state index contributed by atoms with van der Waals surface area (Å²) < 4.78 is 0. The van der Waals surface area contributed by atoms with Gasteiger partial charge in [0.15, 0.2) is 5.71 Å². The fourth-order valence-corrected chi connectivity index (χ4v) is 2.25. The molecule has 1 heterocycles. The molecule has 1 aliphatic rings. The molecule has 118 valence electrons. The van der Waals surface area contributed by atoms with Gasteiger partial charge in [0.05, 0.1) is 5.69 Å². The van der Waals surface area contributed by atoms with Gasteiger partial charge in [0, 0.05) is 26.2 Å². The minimum absolute atomic E-state index is 0.00328. The van der Waals surface area contributed by atoms with Crippen molar-refractivity contribution in [1.29, 1.82) is 0 Å². The molecule has 0 atom stereocenters. The van der Waals surface area contributed by atoms with Gasteiger partial charge in [-0.2, -0.15) is 5.10 Å². The number of likely N-dealkylation sites (N-methyl/N-ethyl adjacent to an activating group) is 1. The highest BCUT2D eigenvalue weighted by Crippen LogP contribution is 2.09. The lowest BCUT2D eigenvalue weighted by Crippen LogP contribution is -2.51. The van der Waals surface area contributed by atoms with Gasteiger partial charge in [-0.1, -0.05) is 29.9 Å². The predicted octanol–water partition coefficient (Wildman–Crippen LogP) is 0.823. The number of thiocarbonyl (C=S) groups is 1. The number of nitrogens with one attached hydrogen (secondary N) is 1. The number of carbonyl (C=O) groups excluding carboxylic acids is 1. The Morgan fingerprint density at radius 1 is 1.23 bits per heavy atom. The van der Waals surface area contributed by atoms with E-state index in [9.17, 15) is 4.79 Å². The highest BCUT2D eigenvalue weighted by Gasteiger charge is 2.25. The summed E-state index contributed by atoms with van der Waals surface area (Å²) in [7, 11) is 2.03. The van der Waals surface area contributed by atoms with Crippen molar-refractivity contribution in [3.8, 4) is 0 Å². The smallest absolute Gasteiger partial charge is 0.277 e. The number of carbonyl (C=O) groups is 1. The lowest BCUT2D eigenvalue weighted by Gasteiger charge is -2.32. The third-order valence-electron chi connectivity index (χ3n) is 3.57. The molecule has 3 N–H and O–H groups in total. The Bertz CT molecular complexity index is 576. The predicted molar refractivity (Wildman–Crippen MR) is 93.1 cm³/mol. The van der Waals surface area contributed by atoms with E-state index in [1.807, 2.05) is 38.2 Å². The van der Waals surface area contributed by atoms with Crippen LogP contribution in [0, 0.1) is 6.92 Å². The van der Waals surface area contributed by atoms with Crippen molar-refractivity contribution >= 4 is 34.5 Å². The maximum absolute atomic E-state index is 12.5. The summed E-state index contributed by atoms with van der Waals surface area (Å²) in [5, 5.41) is 4.11. The van der Waals surface area contributed by atoms with Gasteiger partial charge < -0.3 is 15.5 Å². The van der Waals surface area contributed by atoms with Gasteiger partial charge in [-0.3, -0.25) is 10.2 Å². The second kappa shape index (κ2) is 7.33. The average molecular weight is 319 g/mol. The van der Waals surface area contributed by atoms with E-state index in [2.05, 4.69) is 15.4 Å². The Labute approximate surface area is 136 Å². The summed E-state index contributed by atoms with van der Waals surface area (Å²) in [6, 6.07) is 7.69. The van der Waals surface area contributed by atoms with E-state index in [1.54, 1.807) is 4.90 Å². The van der Waals surface area contributed by atoms with Crippen LogP contribution in [0.15, 0.2) is 29.4 Å². The number of hydrazone groups is 1. The van der Waals surface area contributed by atoms with Gasteiger partial charge in [-0.05, 0) is 26.1 Å². The molecule has 6 nitrogen and oxygen atoms in total. The Hall–Kier alpha value is -1.99. The van der Waals surface area contributed by atoms with Crippen LogP contribution in [0.4, 0.5) is 5.69 Å². The third-order valence-corrected chi connectivity index (χ3v) is 3.77. The van der Waals surface area contributed by atoms with Gasteiger partial charge >= 0.3 is 0 Å². The zero-order valence-electron chi connectivity index (χ0n) is 12.9. The second-order valence-corrected chi connectivity index (χ2v) is 5.84. The molecule has 0 bridgehead atoms. The molecular weight excluding hydrogens is 298 g/mol. The SMILES string of the molecule is Cc1ccc(N/N=C(\C(=O)N2CCN(C)CC2)C(N)=S)cc1. The highest BCUT2D eigenvalue weighted by atomic mass is 32.1. The zero-order valence-corrected chi connectivity index (χ0v) is 13.7. The minimum atomic E-state index is -0.222. The minimum Gasteiger partial charge on any atom is -0.388 e. The van der Waals surface area contributed by atoms with Crippen molar-refractivity contribution in [2.45, 2.75) is 6.92 Å². The molecule has 1 aromatic carbocycles. The first kappa shape index (κ1) is 16.4. The topological polar surface area (TPSA) is 74.0 Å². The van der Waals surface area contributed by atoms with E-state index in [0.29, 0.717) is 13.1 Å². The van der Waals surface area contributed by atoms with Crippen molar-refractivity contribution < 1.29 is 4.79 Å². The van der Waals surface area contributed by atoms with Crippen LogP contribution in [0.5, 0.6) is 0 Å². The number of hydrogen-bond acceptors (Lipinski definition) is 5. The maximum Gasteiger partial charge on any atom is 0.277 e. The molecule has 1 fully saturated rings. The number of nitrogens with two attached hydrogens (primary N) is 1. The number of aryl methyl sites for hydroxylation is 1. The number of amides is 1. The molecule has 0 saturated carbocycles. The Morgan fingerprint density at radius 3 is 2.36 bits per heavy atom. The molecule has 0 spiro atoms. The molecule has 1 amide bonds. The number of rotatable bonds is 4. The standard InChI is InChI=1S/C15H21N5OS/c1-11-3-5-12(6-4-11)17-18-13(14(16)22)15(21)20-9-7-19(2)8-10-20/h3-6,17H,7-10H2,1-2H3,(H2,16,22)/b18-13-. The van der Waals surface area contributed by atoms with Gasteiger partial charge in [0.2, 0.25) is 0 Å². The van der Waals surface area contributed by atoms with Crippen LogP contribution >= 0.6 is 12.2 Å². The number of hydrogen-bond donors (Lipinski definition) is 2. The van der Waals surface area contributed by atoms with E-state index in [4.69, 9.17) is 18.0 Å². The summed E-state index contributed by atoms with van der Waals surface area (Å²) in [6.45, 7) is 4.98.